The van der Waals surface area contributed by atoms with E-state index in [2.05, 4.69) is 15.3 Å². The first-order valence-corrected chi connectivity index (χ1v) is 4.21. The van der Waals surface area contributed by atoms with Crippen molar-refractivity contribution in [1.29, 1.82) is 0 Å². The second kappa shape index (κ2) is 3.60. The first-order valence-electron chi connectivity index (χ1n) is 4.21. The van der Waals surface area contributed by atoms with Crippen LogP contribution in [0.3, 0.4) is 0 Å². The van der Waals surface area contributed by atoms with Crippen molar-refractivity contribution in [2.24, 2.45) is 0 Å². The summed E-state index contributed by atoms with van der Waals surface area (Å²) in [5.41, 5.74) is -0.223. The Hall–Kier alpha value is -1.32. The Morgan fingerprint density at radius 3 is 2.62 bits per heavy atom. The van der Waals surface area contributed by atoms with Crippen molar-refractivity contribution in [2.75, 3.05) is 12.4 Å². The zero-order valence-corrected chi connectivity index (χ0v) is 8.46. The second-order valence-electron chi connectivity index (χ2n) is 3.68. The molecule has 1 aromatic rings. The topological polar surface area (TPSA) is 47.0 Å². The molecule has 0 aromatic carbocycles. The quantitative estimate of drug-likeness (QED) is 0.754. The highest BCUT2D eigenvalue weighted by Crippen LogP contribution is 2.15. The lowest BCUT2D eigenvalue weighted by Gasteiger charge is -2.20. The van der Waals surface area contributed by atoms with Crippen molar-refractivity contribution in [1.82, 2.24) is 9.97 Å². The van der Waals surface area contributed by atoms with E-state index >= 15 is 0 Å². The van der Waals surface area contributed by atoms with E-state index in [4.69, 9.17) is 4.74 Å². The molecule has 4 nitrogen and oxygen atoms in total. The third-order valence-electron chi connectivity index (χ3n) is 1.26. The van der Waals surface area contributed by atoms with Crippen LogP contribution in [-0.4, -0.2) is 22.6 Å². The van der Waals surface area contributed by atoms with Gasteiger partial charge in [-0.1, -0.05) is 0 Å². The van der Waals surface area contributed by atoms with Crippen molar-refractivity contribution in [3.8, 4) is 5.88 Å². The fraction of sp³-hybridized carbons (Fsp3) is 0.556. The summed E-state index contributed by atoms with van der Waals surface area (Å²) in [6, 6.07) is 1.74. The highest BCUT2D eigenvalue weighted by atomic mass is 16.5. The van der Waals surface area contributed by atoms with Gasteiger partial charge in [0, 0.05) is 19.3 Å². The van der Waals surface area contributed by atoms with E-state index in [1.807, 2.05) is 20.8 Å². The van der Waals surface area contributed by atoms with Gasteiger partial charge in [-0.05, 0) is 20.8 Å². The number of anilines is 1. The molecule has 0 fully saturated rings. The normalized spacial score (nSPS) is 11.1. The van der Waals surface area contributed by atoms with Gasteiger partial charge in [0.25, 0.3) is 0 Å². The second-order valence-corrected chi connectivity index (χ2v) is 3.68. The predicted molar refractivity (Wildman–Crippen MR) is 52.0 cm³/mol. The molecular weight excluding hydrogens is 166 g/mol. The van der Waals surface area contributed by atoms with Crippen LogP contribution < -0.4 is 10.1 Å². The SMILES string of the molecule is CNc1nccc(OC(C)(C)C)n1. The number of nitrogens with one attached hydrogen (secondary N) is 1. The lowest BCUT2D eigenvalue weighted by molar-refractivity contribution is 0.124. The summed E-state index contributed by atoms with van der Waals surface area (Å²) in [4.78, 5) is 8.12. The molecule has 0 aliphatic carbocycles. The maximum atomic E-state index is 5.55. The van der Waals surface area contributed by atoms with Gasteiger partial charge in [0.15, 0.2) is 0 Å². The molecule has 13 heavy (non-hydrogen) atoms. The van der Waals surface area contributed by atoms with Crippen LogP contribution >= 0.6 is 0 Å². The number of nitrogens with zero attached hydrogens (tertiary/aromatic N) is 2. The molecule has 1 rings (SSSR count). The van der Waals surface area contributed by atoms with Crippen LogP contribution in [-0.2, 0) is 0 Å². The van der Waals surface area contributed by atoms with Gasteiger partial charge in [-0.25, -0.2) is 4.98 Å². The number of hydrogen-bond acceptors (Lipinski definition) is 4. The molecule has 0 aliphatic rings. The van der Waals surface area contributed by atoms with E-state index < -0.39 is 0 Å². The Kier molecular flexibility index (Phi) is 2.70. The summed E-state index contributed by atoms with van der Waals surface area (Å²) in [6.45, 7) is 5.94. The monoisotopic (exact) mass is 181 g/mol. The zero-order chi connectivity index (χ0) is 9.90. The maximum absolute atomic E-state index is 5.55. The van der Waals surface area contributed by atoms with Crippen molar-refractivity contribution in [3.05, 3.63) is 12.3 Å². The molecule has 0 saturated carbocycles. The fourth-order valence-corrected chi connectivity index (χ4v) is 0.833. The highest BCUT2D eigenvalue weighted by Gasteiger charge is 2.12. The first kappa shape index (κ1) is 9.77. The average molecular weight is 181 g/mol. The summed E-state index contributed by atoms with van der Waals surface area (Å²) < 4.78 is 5.55. The molecule has 72 valence electrons. The molecule has 0 saturated heterocycles. The van der Waals surface area contributed by atoms with E-state index in [0.29, 0.717) is 11.8 Å². The Balaban J connectivity index is 2.78. The van der Waals surface area contributed by atoms with Gasteiger partial charge in [0.1, 0.15) is 5.60 Å². The van der Waals surface area contributed by atoms with Crippen molar-refractivity contribution < 1.29 is 4.74 Å². The molecule has 4 heteroatoms. The highest BCUT2D eigenvalue weighted by molar-refractivity contribution is 5.26. The average Bonchev–Trinajstić information content (AvgIpc) is 2.01. The molecule has 0 bridgehead atoms. The maximum Gasteiger partial charge on any atom is 0.225 e. The lowest BCUT2D eigenvalue weighted by atomic mass is 10.2. The molecule has 0 aliphatic heterocycles. The Morgan fingerprint density at radius 2 is 2.08 bits per heavy atom. The lowest BCUT2D eigenvalue weighted by Crippen LogP contribution is -2.23. The van der Waals surface area contributed by atoms with Crippen LogP contribution in [0.4, 0.5) is 5.95 Å². The summed E-state index contributed by atoms with van der Waals surface area (Å²) in [6.07, 6.45) is 1.67. The number of aromatic nitrogens is 2. The minimum atomic E-state index is -0.223. The molecular formula is C9H15N3O. The molecule has 0 spiro atoms. The van der Waals surface area contributed by atoms with Crippen LogP contribution in [0.1, 0.15) is 20.8 Å². The predicted octanol–water partition coefficient (Wildman–Crippen LogP) is 1.70. The van der Waals surface area contributed by atoms with Crippen molar-refractivity contribution >= 4 is 5.95 Å². The van der Waals surface area contributed by atoms with E-state index in [0.717, 1.165) is 0 Å². The van der Waals surface area contributed by atoms with Gasteiger partial charge in [-0.2, -0.15) is 4.98 Å². The molecule has 0 radical (unpaired) electrons. The fourth-order valence-electron chi connectivity index (χ4n) is 0.833. The number of rotatable bonds is 2. The van der Waals surface area contributed by atoms with Crippen LogP contribution in [0.5, 0.6) is 5.88 Å². The van der Waals surface area contributed by atoms with E-state index in [1.54, 1.807) is 19.3 Å². The van der Waals surface area contributed by atoms with Crippen LogP contribution in [0.15, 0.2) is 12.3 Å². The van der Waals surface area contributed by atoms with Gasteiger partial charge in [0.05, 0.1) is 0 Å². The number of ether oxygens (including phenoxy) is 1. The van der Waals surface area contributed by atoms with Crippen LogP contribution in [0.25, 0.3) is 0 Å². The summed E-state index contributed by atoms with van der Waals surface area (Å²) in [7, 11) is 1.77. The minimum absolute atomic E-state index is 0.223. The molecule has 1 N–H and O–H groups in total. The minimum Gasteiger partial charge on any atom is -0.472 e. The van der Waals surface area contributed by atoms with Crippen molar-refractivity contribution in [2.45, 2.75) is 26.4 Å². The standard InChI is InChI=1S/C9H15N3O/c1-9(2,3)13-7-5-6-11-8(10-4)12-7/h5-6H,1-4H3,(H,10,11,12). The van der Waals surface area contributed by atoms with Gasteiger partial charge >= 0.3 is 0 Å². The van der Waals surface area contributed by atoms with Gasteiger partial charge < -0.3 is 10.1 Å². The Bertz CT molecular complexity index is 280. The Morgan fingerprint density at radius 1 is 1.38 bits per heavy atom. The zero-order valence-electron chi connectivity index (χ0n) is 8.46. The molecule has 0 unspecified atom stereocenters. The van der Waals surface area contributed by atoms with Crippen LogP contribution in [0, 0.1) is 0 Å². The first-order chi connectivity index (χ1) is 6.01. The Labute approximate surface area is 78.4 Å². The smallest absolute Gasteiger partial charge is 0.225 e. The van der Waals surface area contributed by atoms with Gasteiger partial charge in [0.2, 0.25) is 11.8 Å². The van der Waals surface area contributed by atoms with E-state index in [1.165, 1.54) is 0 Å². The van der Waals surface area contributed by atoms with E-state index in [-0.39, 0.29) is 5.60 Å². The van der Waals surface area contributed by atoms with Gasteiger partial charge in [-0.3, -0.25) is 0 Å². The summed E-state index contributed by atoms with van der Waals surface area (Å²) >= 11 is 0. The third-order valence-corrected chi connectivity index (χ3v) is 1.26. The summed E-state index contributed by atoms with van der Waals surface area (Å²) in [5, 5.41) is 2.85. The number of hydrogen-bond donors (Lipinski definition) is 1. The largest absolute Gasteiger partial charge is 0.472 e. The van der Waals surface area contributed by atoms with Crippen molar-refractivity contribution in [3.63, 3.8) is 0 Å². The molecule has 0 atom stereocenters. The van der Waals surface area contributed by atoms with Crippen LogP contribution in [0.2, 0.25) is 0 Å². The third kappa shape index (κ3) is 3.27. The molecule has 0 amide bonds. The van der Waals surface area contributed by atoms with E-state index in [9.17, 15) is 0 Å². The van der Waals surface area contributed by atoms with Gasteiger partial charge in [-0.15, -0.1) is 0 Å². The summed E-state index contributed by atoms with van der Waals surface area (Å²) in [5.74, 6) is 1.16. The molecule has 1 aromatic heterocycles. The molecule has 1 heterocycles.